The molecular weight excluding hydrogens is 430 g/mol. The zero-order valence-corrected chi connectivity index (χ0v) is 21.3. The van der Waals surface area contributed by atoms with E-state index >= 15 is 0 Å². The maximum absolute atomic E-state index is 3.88. The molecule has 0 spiro atoms. The summed E-state index contributed by atoms with van der Waals surface area (Å²) in [5.41, 5.74) is 6.01. The van der Waals surface area contributed by atoms with Crippen LogP contribution < -0.4 is 0 Å². The van der Waals surface area contributed by atoms with Crippen LogP contribution >= 0.6 is 0 Å². The van der Waals surface area contributed by atoms with E-state index in [1.807, 2.05) is 101 Å². The van der Waals surface area contributed by atoms with Crippen LogP contribution in [0, 0.1) is 34.6 Å². The van der Waals surface area contributed by atoms with E-state index in [0.29, 0.717) is 0 Å². The van der Waals surface area contributed by atoms with Gasteiger partial charge in [0.25, 0.3) is 0 Å². The fraction of sp³-hybridized carbons (Fsp3) is 0.167. The lowest BCUT2D eigenvalue weighted by Crippen LogP contribution is -1.77. The largest absolute Gasteiger partial charge is 0.265 e. The molecule has 0 bridgehead atoms. The Bertz CT molecular complexity index is 888. The smallest absolute Gasteiger partial charge is 0.115 e. The predicted octanol–water partition coefficient (Wildman–Crippen LogP) is 6.95. The molecule has 180 valence electrons. The van der Waals surface area contributed by atoms with Crippen LogP contribution in [0.15, 0.2) is 123 Å². The monoisotopic (exact) mass is 465 g/mol. The van der Waals surface area contributed by atoms with Crippen LogP contribution in [0.1, 0.15) is 27.9 Å². The molecule has 0 amide bonds. The molecule has 0 aliphatic heterocycles. The van der Waals surface area contributed by atoms with E-state index in [4.69, 9.17) is 0 Å². The summed E-state index contributed by atoms with van der Waals surface area (Å²) in [4.78, 5) is 19.2. The van der Waals surface area contributed by atoms with Crippen molar-refractivity contribution >= 4 is 0 Å². The summed E-state index contributed by atoms with van der Waals surface area (Å²) in [5.74, 6) is 0. The van der Waals surface area contributed by atoms with Crippen molar-refractivity contribution in [2.45, 2.75) is 34.6 Å². The Morgan fingerprint density at radius 2 is 0.886 bits per heavy atom. The lowest BCUT2D eigenvalue weighted by atomic mass is 10.2. The first-order chi connectivity index (χ1) is 17.0. The summed E-state index contributed by atoms with van der Waals surface area (Å²) in [5, 5.41) is 0. The fourth-order valence-electron chi connectivity index (χ4n) is 2.21. The second-order valence-electron chi connectivity index (χ2n) is 7.59. The van der Waals surface area contributed by atoms with Crippen LogP contribution in [-0.2, 0) is 0 Å². The van der Waals surface area contributed by atoms with Gasteiger partial charge in [-0.1, -0.05) is 48.0 Å². The van der Waals surface area contributed by atoms with E-state index < -0.39 is 0 Å². The van der Waals surface area contributed by atoms with E-state index in [9.17, 15) is 0 Å². The highest BCUT2D eigenvalue weighted by Crippen LogP contribution is 1.92. The van der Waals surface area contributed by atoms with Gasteiger partial charge in [-0.25, -0.2) is 9.97 Å². The van der Waals surface area contributed by atoms with Gasteiger partial charge in [-0.3, -0.25) is 15.0 Å². The lowest BCUT2D eigenvalue weighted by molar-refractivity contribution is 1.10. The number of aromatic nitrogens is 5. The molecule has 0 saturated heterocycles. The molecule has 4 heterocycles. The predicted molar refractivity (Wildman–Crippen MR) is 145 cm³/mol. The number of nitrogens with zero attached hydrogens (tertiary/aromatic N) is 5. The number of benzene rings is 1. The summed E-state index contributed by atoms with van der Waals surface area (Å²) >= 11 is 0. The molecule has 4 aromatic heterocycles. The minimum Gasteiger partial charge on any atom is -0.265 e. The molecule has 0 fully saturated rings. The van der Waals surface area contributed by atoms with E-state index in [0.717, 1.165) is 5.69 Å². The molecule has 0 aliphatic rings. The van der Waals surface area contributed by atoms with Crippen LogP contribution in [0.2, 0.25) is 0 Å². The molecule has 0 saturated carbocycles. The second-order valence-corrected chi connectivity index (χ2v) is 7.59. The summed E-state index contributed by atoms with van der Waals surface area (Å²) in [7, 11) is 0. The van der Waals surface area contributed by atoms with Crippen LogP contribution in [0.4, 0.5) is 0 Å². The minimum absolute atomic E-state index is 1.01. The fourth-order valence-corrected chi connectivity index (χ4v) is 2.21. The molecule has 35 heavy (non-hydrogen) atoms. The van der Waals surface area contributed by atoms with Crippen molar-refractivity contribution in [3.8, 4) is 0 Å². The van der Waals surface area contributed by atoms with Crippen molar-refractivity contribution in [2.24, 2.45) is 0 Å². The average molecular weight is 466 g/mol. The average Bonchev–Trinajstić information content (AvgIpc) is 2.88. The van der Waals surface area contributed by atoms with Crippen LogP contribution in [0.3, 0.4) is 0 Å². The van der Waals surface area contributed by atoms with Gasteiger partial charge in [0.15, 0.2) is 0 Å². The third-order valence-corrected chi connectivity index (χ3v) is 4.14. The Labute approximate surface area is 210 Å². The van der Waals surface area contributed by atoms with E-state index in [1.165, 1.54) is 28.6 Å². The van der Waals surface area contributed by atoms with Crippen LogP contribution in [0.5, 0.6) is 0 Å². The summed E-state index contributed by atoms with van der Waals surface area (Å²) < 4.78 is 0. The zero-order valence-electron chi connectivity index (χ0n) is 21.3. The van der Waals surface area contributed by atoms with Crippen molar-refractivity contribution in [1.29, 1.82) is 0 Å². The molecule has 5 nitrogen and oxygen atoms in total. The quantitative estimate of drug-likeness (QED) is 0.248. The molecule has 0 radical (unpaired) electrons. The molecule has 0 unspecified atom stereocenters. The molecule has 5 aromatic rings. The van der Waals surface area contributed by atoms with Crippen molar-refractivity contribution < 1.29 is 0 Å². The van der Waals surface area contributed by atoms with Gasteiger partial charge < -0.3 is 0 Å². The number of hydrogen-bond donors (Lipinski definition) is 0. The molecule has 1 aromatic carbocycles. The van der Waals surface area contributed by atoms with Crippen LogP contribution in [-0.4, -0.2) is 24.9 Å². The Kier molecular flexibility index (Phi) is 15.8. The van der Waals surface area contributed by atoms with Gasteiger partial charge in [-0.2, -0.15) is 0 Å². The van der Waals surface area contributed by atoms with Gasteiger partial charge >= 0.3 is 0 Å². The zero-order chi connectivity index (χ0) is 25.6. The van der Waals surface area contributed by atoms with Crippen LogP contribution in [0.25, 0.3) is 0 Å². The maximum Gasteiger partial charge on any atom is 0.115 e. The highest BCUT2D eigenvalue weighted by atomic mass is 14.8. The van der Waals surface area contributed by atoms with Gasteiger partial charge in [0, 0.05) is 49.1 Å². The second kappa shape index (κ2) is 19.2. The summed E-state index contributed by atoms with van der Waals surface area (Å²) in [6, 6.07) is 24.0. The minimum atomic E-state index is 1.01. The SMILES string of the molecule is Cc1ccccc1.Cc1cccnc1.Cc1cccnc1.Cc1ccncc1.Cc1ccncn1. The third kappa shape index (κ3) is 17.9. The molecule has 0 aliphatic carbocycles. The van der Waals surface area contributed by atoms with E-state index in [1.54, 1.807) is 31.0 Å². The number of rotatable bonds is 0. The van der Waals surface area contributed by atoms with Crippen molar-refractivity contribution in [3.63, 3.8) is 0 Å². The highest BCUT2D eigenvalue weighted by molar-refractivity contribution is 5.11. The van der Waals surface area contributed by atoms with Gasteiger partial charge in [-0.15, -0.1) is 0 Å². The first-order valence-electron chi connectivity index (χ1n) is 11.3. The normalized spacial score (nSPS) is 8.71. The maximum atomic E-state index is 3.88. The van der Waals surface area contributed by atoms with Crippen molar-refractivity contribution in [2.75, 3.05) is 0 Å². The van der Waals surface area contributed by atoms with Crippen molar-refractivity contribution in [3.05, 3.63) is 150 Å². The topological polar surface area (TPSA) is 64.5 Å². The Morgan fingerprint density at radius 3 is 1.11 bits per heavy atom. The third-order valence-electron chi connectivity index (χ3n) is 4.14. The molecule has 0 atom stereocenters. The number of hydrogen-bond acceptors (Lipinski definition) is 5. The lowest BCUT2D eigenvalue weighted by Gasteiger charge is -1.82. The van der Waals surface area contributed by atoms with Crippen molar-refractivity contribution in [1.82, 2.24) is 24.9 Å². The Morgan fingerprint density at radius 1 is 0.400 bits per heavy atom. The standard InChI is InChI=1S/C7H8.3C6H7N.C5H6N2/c1-7-5-3-2-4-6-7;1-6-2-4-7-5-3-6;2*1-6-3-2-4-7-5-6;1-5-2-3-6-4-7-5/h2-6H,1H3;3*2-5H,1H3;2-4H,1H3. The summed E-state index contributed by atoms with van der Waals surface area (Å²) in [6.45, 7) is 10.1. The number of pyridine rings is 3. The highest BCUT2D eigenvalue weighted by Gasteiger charge is 1.75. The molecule has 0 N–H and O–H groups in total. The van der Waals surface area contributed by atoms with Gasteiger partial charge in [0.05, 0.1) is 0 Å². The van der Waals surface area contributed by atoms with E-state index in [2.05, 4.69) is 44.0 Å². The van der Waals surface area contributed by atoms with E-state index in [-0.39, 0.29) is 0 Å². The van der Waals surface area contributed by atoms with Gasteiger partial charge in [0.2, 0.25) is 0 Å². The molecule has 5 heteroatoms. The number of aryl methyl sites for hydroxylation is 5. The molecular formula is C30H35N5. The van der Waals surface area contributed by atoms with Gasteiger partial charge in [-0.05, 0) is 81.6 Å². The summed E-state index contributed by atoms with van der Waals surface area (Å²) in [6.07, 6.45) is 14.0. The Balaban J connectivity index is 0.000000219. The first-order valence-corrected chi connectivity index (χ1v) is 11.3. The Hall–Kier alpha value is -4.25. The first kappa shape index (κ1) is 28.8. The van der Waals surface area contributed by atoms with Gasteiger partial charge in [0.1, 0.15) is 6.33 Å². The molecule has 5 rings (SSSR count).